The second kappa shape index (κ2) is 6.71. The van der Waals surface area contributed by atoms with Crippen molar-refractivity contribution in [2.75, 3.05) is 0 Å². The lowest BCUT2D eigenvalue weighted by Crippen LogP contribution is -2.46. The van der Waals surface area contributed by atoms with Crippen molar-refractivity contribution in [3.05, 3.63) is 40.6 Å². The number of carboxylic acids is 1. The van der Waals surface area contributed by atoms with E-state index in [2.05, 4.69) is 20.6 Å². The number of rotatable bonds is 6. The fourth-order valence-corrected chi connectivity index (χ4v) is 2.27. The zero-order valence-corrected chi connectivity index (χ0v) is 11.3. The van der Waals surface area contributed by atoms with E-state index in [1.54, 1.807) is 0 Å². The van der Waals surface area contributed by atoms with E-state index in [4.69, 9.17) is 5.11 Å². The van der Waals surface area contributed by atoms with Gasteiger partial charge in [-0.1, -0.05) is 0 Å². The zero-order chi connectivity index (χ0) is 14.4. The lowest BCUT2D eigenvalue weighted by atomic mass is 10.2. The van der Waals surface area contributed by atoms with Crippen molar-refractivity contribution in [2.24, 2.45) is 0 Å². The van der Waals surface area contributed by atoms with E-state index >= 15 is 0 Å². The van der Waals surface area contributed by atoms with Crippen LogP contribution in [0, 0.1) is 0 Å². The van der Waals surface area contributed by atoms with Gasteiger partial charge in [-0.05, 0) is 22.4 Å². The fraction of sp³-hybridized carbons (Fsp3) is 0.250. The lowest BCUT2D eigenvalue weighted by molar-refractivity contribution is -0.139. The van der Waals surface area contributed by atoms with Gasteiger partial charge < -0.3 is 20.7 Å². The number of imidazole rings is 1. The lowest BCUT2D eigenvalue weighted by Gasteiger charge is -2.14. The van der Waals surface area contributed by atoms with E-state index in [1.807, 2.05) is 16.8 Å². The highest BCUT2D eigenvalue weighted by Gasteiger charge is 2.20. The van der Waals surface area contributed by atoms with Crippen LogP contribution >= 0.6 is 11.3 Å². The summed E-state index contributed by atoms with van der Waals surface area (Å²) < 4.78 is 0. The number of carbonyl (C=O) groups is 2. The van der Waals surface area contributed by atoms with Crippen molar-refractivity contribution in [3.63, 3.8) is 0 Å². The standard InChI is InChI=1S/C12H14N4O3S/c17-11(18)10(3-9-5-13-7-15-9)16-12(19)14-4-8-1-2-20-6-8/h1-2,5-7,10H,3-4H2,(H,13,15)(H,17,18)(H2,14,16,19). The van der Waals surface area contributed by atoms with Crippen LogP contribution in [0.1, 0.15) is 11.3 Å². The third kappa shape index (κ3) is 4.09. The molecule has 0 radical (unpaired) electrons. The third-order valence-corrected chi connectivity index (χ3v) is 3.35. The monoisotopic (exact) mass is 294 g/mol. The Morgan fingerprint density at radius 3 is 2.95 bits per heavy atom. The van der Waals surface area contributed by atoms with Crippen LogP contribution in [0.3, 0.4) is 0 Å². The smallest absolute Gasteiger partial charge is 0.326 e. The molecule has 20 heavy (non-hydrogen) atoms. The van der Waals surface area contributed by atoms with Crippen LogP contribution in [-0.4, -0.2) is 33.1 Å². The second-order valence-corrected chi connectivity index (χ2v) is 4.91. The number of thiophene rings is 1. The van der Waals surface area contributed by atoms with Crippen LogP contribution in [0.25, 0.3) is 0 Å². The van der Waals surface area contributed by atoms with Gasteiger partial charge in [0.15, 0.2) is 0 Å². The van der Waals surface area contributed by atoms with Crippen molar-refractivity contribution < 1.29 is 14.7 Å². The second-order valence-electron chi connectivity index (χ2n) is 4.13. The first-order valence-electron chi connectivity index (χ1n) is 5.90. The molecule has 0 spiro atoms. The highest BCUT2D eigenvalue weighted by molar-refractivity contribution is 7.07. The molecular weight excluding hydrogens is 280 g/mol. The van der Waals surface area contributed by atoms with E-state index in [0.29, 0.717) is 12.2 Å². The zero-order valence-electron chi connectivity index (χ0n) is 10.5. The minimum atomic E-state index is -1.09. The molecule has 1 unspecified atom stereocenters. The molecule has 0 saturated heterocycles. The molecule has 2 aromatic rings. The quantitative estimate of drug-likeness (QED) is 0.636. The van der Waals surface area contributed by atoms with E-state index in [1.165, 1.54) is 23.9 Å². The Morgan fingerprint density at radius 2 is 2.35 bits per heavy atom. The van der Waals surface area contributed by atoms with Crippen LogP contribution in [0.15, 0.2) is 29.4 Å². The van der Waals surface area contributed by atoms with E-state index in [-0.39, 0.29) is 6.42 Å². The molecule has 0 saturated carbocycles. The highest BCUT2D eigenvalue weighted by atomic mass is 32.1. The van der Waals surface area contributed by atoms with Crippen molar-refractivity contribution in [2.45, 2.75) is 19.0 Å². The summed E-state index contributed by atoms with van der Waals surface area (Å²) in [6, 6.07) is 0.380. The Kier molecular flexibility index (Phi) is 4.72. The summed E-state index contributed by atoms with van der Waals surface area (Å²) in [6.07, 6.45) is 3.15. The van der Waals surface area contributed by atoms with Crippen molar-refractivity contribution in [1.82, 2.24) is 20.6 Å². The highest BCUT2D eigenvalue weighted by Crippen LogP contribution is 2.05. The van der Waals surface area contributed by atoms with Crippen LogP contribution in [0.5, 0.6) is 0 Å². The number of H-pyrrole nitrogens is 1. The first-order valence-corrected chi connectivity index (χ1v) is 6.85. The maximum Gasteiger partial charge on any atom is 0.326 e. The molecule has 0 aliphatic rings. The topological polar surface area (TPSA) is 107 Å². The van der Waals surface area contributed by atoms with Gasteiger partial charge in [-0.15, -0.1) is 0 Å². The summed E-state index contributed by atoms with van der Waals surface area (Å²) in [5.41, 5.74) is 1.63. The first-order chi connectivity index (χ1) is 9.65. The Labute approximate surface area is 119 Å². The Hall–Kier alpha value is -2.35. The molecule has 0 aliphatic heterocycles. The molecule has 2 heterocycles. The van der Waals surface area contributed by atoms with Gasteiger partial charge >= 0.3 is 12.0 Å². The summed E-state index contributed by atoms with van der Waals surface area (Å²) in [5.74, 6) is -1.09. The van der Waals surface area contributed by atoms with Gasteiger partial charge in [0, 0.05) is 24.9 Å². The minimum absolute atomic E-state index is 0.154. The molecule has 106 valence electrons. The number of aromatic amines is 1. The first kappa shape index (κ1) is 14.1. The number of urea groups is 1. The molecule has 1 atom stereocenters. The molecule has 2 rings (SSSR count). The molecule has 0 aromatic carbocycles. The normalized spacial score (nSPS) is 11.8. The molecule has 0 bridgehead atoms. The summed E-state index contributed by atoms with van der Waals surface area (Å²) in [6.45, 7) is 0.367. The summed E-state index contributed by atoms with van der Waals surface area (Å²) in [7, 11) is 0. The van der Waals surface area contributed by atoms with Crippen LogP contribution < -0.4 is 10.6 Å². The molecule has 8 heteroatoms. The maximum absolute atomic E-state index is 11.7. The van der Waals surface area contributed by atoms with E-state index in [9.17, 15) is 9.59 Å². The summed E-state index contributed by atoms with van der Waals surface area (Å²) >= 11 is 1.54. The van der Waals surface area contributed by atoms with Gasteiger partial charge in [0.25, 0.3) is 0 Å². The predicted molar refractivity (Wildman–Crippen MR) is 73.4 cm³/mol. The number of amides is 2. The number of aliphatic carboxylic acids is 1. The Morgan fingerprint density at radius 1 is 1.50 bits per heavy atom. The molecular formula is C12H14N4O3S. The number of nitrogens with one attached hydrogen (secondary N) is 3. The molecule has 0 fully saturated rings. The van der Waals surface area contributed by atoms with Gasteiger partial charge in [0.2, 0.25) is 0 Å². The number of carbonyl (C=O) groups excluding carboxylic acids is 1. The number of nitrogens with zero attached hydrogens (tertiary/aromatic N) is 1. The number of hydrogen-bond donors (Lipinski definition) is 4. The largest absolute Gasteiger partial charge is 0.480 e. The Balaban J connectivity index is 1.84. The van der Waals surface area contributed by atoms with E-state index in [0.717, 1.165) is 5.56 Å². The summed E-state index contributed by atoms with van der Waals surface area (Å²) in [4.78, 5) is 29.4. The SMILES string of the molecule is O=C(NCc1ccsc1)NC(Cc1cnc[nH]1)C(=O)O. The van der Waals surface area contributed by atoms with Gasteiger partial charge in [0.05, 0.1) is 6.33 Å². The van der Waals surface area contributed by atoms with Crippen molar-refractivity contribution in [1.29, 1.82) is 0 Å². The van der Waals surface area contributed by atoms with Crippen LogP contribution in [0.2, 0.25) is 0 Å². The summed E-state index contributed by atoms with van der Waals surface area (Å²) in [5, 5.41) is 18.0. The van der Waals surface area contributed by atoms with Gasteiger partial charge in [-0.2, -0.15) is 11.3 Å². The van der Waals surface area contributed by atoms with Crippen LogP contribution in [0.4, 0.5) is 4.79 Å². The average Bonchev–Trinajstić information content (AvgIpc) is 3.08. The molecule has 2 amide bonds. The van der Waals surface area contributed by atoms with E-state index < -0.39 is 18.0 Å². The van der Waals surface area contributed by atoms with Crippen molar-refractivity contribution >= 4 is 23.3 Å². The predicted octanol–water partition coefficient (Wildman–Crippen LogP) is 0.966. The number of aromatic nitrogens is 2. The Bertz CT molecular complexity index is 553. The van der Waals surface area contributed by atoms with Gasteiger partial charge in [0.1, 0.15) is 6.04 Å². The fourth-order valence-electron chi connectivity index (χ4n) is 1.60. The molecule has 4 N–H and O–H groups in total. The molecule has 2 aromatic heterocycles. The number of carboxylic acid groups (broad SMARTS) is 1. The van der Waals surface area contributed by atoms with Crippen molar-refractivity contribution in [3.8, 4) is 0 Å². The molecule has 0 aliphatic carbocycles. The van der Waals surface area contributed by atoms with Gasteiger partial charge in [-0.25, -0.2) is 14.6 Å². The maximum atomic E-state index is 11.7. The molecule has 7 nitrogen and oxygen atoms in total. The van der Waals surface area contributed by atoms with Gasteiger partial charge in [-0.3, -0.25) is 0 Å². The third-order valence-electron chi connectivity index (χ3n) is 2.62. The minimum Gasteiger partial charge on any atom is -0.480 e. The number of hydrogen-bond acceptors (Lipinski definition) is 4. The average molecular weight is 294 g/mol. The van der Waals surface area contributed by atoms with Crippen LogP contribution in [-0.2, 0) is 17.8 Å².